The molecule has 6 atom stereocenters. The Morgan fingerprint density at radius 2 is 1.66 bits per heavy atom. The first kappa shape index (κ1) is 36.4. The van der Waals surface area contributed by atoms with Gasteiger partial charge in [-0.25, -0.2) is 4.98 Å². The molecule has 2 aliphatic heterocycles. The Balaban J connectivity index is 1.25. The number of hydrogen-bond acceptors (Lipinski definition) is 8. The van der Waals surface area contributed by atoms with Gasteiger partial charge in [-0.05, 0) is 71.0 Å². The zero-order valence-electron chi connectivity index (χ0n) is 29.0. The average molecular weight is 818 g/mol. The summed E-state index contributed by atoms with van der Waals surface area (Å²) in [5.74, 6) is -6.74. The van der Waals surface area contributed by atoms with Crippen molar-refractivity contribution >= 4 is 74.8 Å². The van der Waals surface area contributed by atoms with Crippen molar-refractivity contribution in [2.45, 2.75) is 36.9 Å². The van der Waals surface area contributed by atoms with Crippen LogP contribution in [0.4, 0.5) is 19.0 Å². The number of nitrogens with zero attached hydrogens (tertiary/aromatic N) is 3. The lowest BCUT2D eigenvalue weighted by atomic mass is 9.49. The monoisotopic (exact) mass is 816 g/mol. The fourth-order valence-electron chi connectivity index (χ4n) is 9.46. The third kappa shape index (κ3) is 5.38. The van der Waals surface area contributed by atoms with Gasteiger partial charge in [-0.3, -0.25) is 29.5 Å². The number of aromatic hydroxyl groups is 1. The predicted molar refractivity (Wildman–Crippen MR) is 202 cm³/mol. The van der Waals surface area contributed by atoms with Gasteiger partial charge in [-0.15, -0.1) is 11.3 Å². The van der Waals surface area contributed by atoms with E-state index in [1.54, 1.807) is 54.6 Å². The number of allylic oxidation sites excluding steroid dienone is 2. The zero-order chi connectivity index (χ0) is 39.3. The van der Waals surface area contributed by atoms with Crippen LogP contribution in [0.15, 0.2) is 102 Å². The summed E-state index contributed by atoms with van der Waals surface area (Å²) in [6.07, 6.45) is -2.07. The fourth-order valence-corrected chi connectivity index (χ4v) is 10.5. The summed E-state index contributed by atoms with van der Waals surface area (Å²) in [6, 6.07) is 21.2. The second-order valence-corrected chi connectivity index (χ2v) is 16.4. The molecular weight excluding hydrogens is 788 g/mol. The molecule has 2 N–H and O–H groups in total. The van der Waals surface area contributed by atoms with Crippen molar-refractivity contribution in [1.29, 1.82) is 0 Å². The molecule has 2 aromatic heterocycles. The molecule has 9 rings (SSSR count). The number of phenols is 1. The number of benzene rings is 3. The van der Waals surface area contributed by atoms with E-state index in [2.05, 4.69) is 10.4 Å². The second kappa shape index (κ2) is 13.2. The number of likely N-dealkylation sites (tertiary alicyclic amines) is 1. The zero-order valence-corrected chi connectivity index (χ0v) is 31.3. The van der Waals surface area contributed by atoms with E-state index < -0.39 is 63.6 Å². The number of imide groups is 2. The number of fused-ring (bicyclic) bond motifs is 5. The number of amides is 4. The summed E-state index contributed by atoms with van der Waals surface area (Å²) in [4.78, 5) is 64.8. The lowest BCUT2D eigenvalue weighted by Gasteiger charge is -2.51. The molecule has 4 heterocycles. The summed E-state index contributed by atoms with van der Waals surface area (Å²) in [6.45, 7) is 0.116. The molecule has 15 heteroatoms. The highest BCUT2D eigenvalue weighted by Gasteiger charge is 2.70. The van der Waals surface area contributed by atoms with Crippen LogP contribution in [0.1, 0.15) is 40.3 Å². The molecule has 56 heavy (non-hydrogen) atoms. The van der Waals surface area contributed by atoms with Crippen molar-refractivity contribution in [2.75, 3.05) is 5.43 Å². The number of phenolic OH excluding ortho intramolecular Hbond substituents is 1. The summed E-state index contributed by atoms with van der Waals surface area (Å²) in [5, 5.41) is 14.6. The highest BCUT2D eigenvalue weighted by molar-refractivity contribution is 7.09. The molecule has 2 aliphatic carbocycles. The van der Waals surface area contributed by atoms with Crippen LogP contribution in [0.2, 0.25) is 10.0 Å². The Bertz CT molecular complexity index is 2510. The molecule has 4 amide bonds. The van der Waals surface area contributed by atoms with E-state index in [4.69, 9.17) is 23.2 Å². The third-order valence-electron chi connectivity index (χ3n) is 11.8. The number of carbonyl (C=O) groups excluding carboxylic acids is 4. The molecule has 284 valence electrons. The van der Waals surface area contributed by atoms with Crippen molar-refractivity contribution < 1.29 is 37.5 Å². The van der Waals surface area contributed by atoms with Gasteiger partial charge >= 0.3 is 6.18 Å². The van der Waals surface area contributed by atoms with E-state index in [0.29, 0.717) is 44.8 Å². The van der Waals surface area contributed by atoms with Crippen LogP contribution in [0.3, 0.4) is 0 Å². The van der Waals surface area contributed by atoms with Crippen LogP contribution >= 0.6 is 34.5 Å². The van der Waals surface area contributed by atoms with Gasteiger partial charge in [0.05, 0.1) is 40.3 Å². The molecule has 9 nitrogen and oxygen atoms in total. The Kier molecular flexibility index (Phi) is 8.56. The average Bonchev–Trinajstić information content (AvgIpc) is 3.84. The molecule has 4 aliphatic rings. The molecule has 3 aromatic carbocycles. The third-order valence-corrected chi connectivity index (χ3v) is 13.2. The number of hydrazine groups is 1. The molecule has 2 saturated heterocycles. The molecule has 0 unspecified atom stereocenters. The van der Waals surface area contributed by atoms with Crippen LogP contribution in [0.25, 0.3) is 10.8 Å². The standard InChI is InChI=1S/C41H29Cl2F3N4O5S/c42-22-9-7-20(8-10-22)40-30(37(53)50(39(40)55)48-35-31(43)16-21(18-47-35)41(44,45)46)17-29-27(34(40)26-13-14-32(51)25-6-2-1-5-24(25)26)11-12-28-33(29)38(54)49(36(28)52)19-23-4-3-15-56-23/h1-11,13-16,18,28-30,33-34,51H,12,17,19H2,(H,47,48)/t28-,29+,30-,33-,34-,40+/m0/s1. The number of rotatable bonds is 6. The number of hydrogen-bond donors (Lipinski definition) is 2. The number of alkyl halides is 3. The van der Waals surface area contributed by atoms with E-state index >= 15 is 4.79 Å². The van der Waals surface area contributed by atoms with Crippen molar-refractivity contribution in [3.8, 4) is 5.75 Å². The number of halogens is 5. The Morgan fingerprint density at radius 3 is 2.36 bits per heavy atom. The number of aromatic nitrogens is 1. The number of nitrogens with one attached hydrogen (secondary N) is 1. The Hall–Kier alpha value is -5.24. The van der Waals surface area contributed by atoms with E-state index in [-0.39, 0.29) is 42.8 Å². The maximum Gasteiger partial charge on any atom is 0.417 e. The molecular formula is C41H29Cl2F3N4O5S. The van der Waals surface area contributed by atoms with Gasteiger partial charge in [-0.2, -0.15) is 18.2 Å². The fraction of sp³-hybridized carbons (Fsp3) is 0.244. The SMILES string of the molecule is O=C1[C@H]2[C@H](CC=C3[C@H]2C[C@H]2C(=O)N(Nc4ncc(C(F)(F)F)cc4Cl)C(=O)[C@@]2(c2ccc(Cl)cc2)[C@H]3c2ccc(O)c3ccccc23)C(=O)N1Cc1cccs1. The first-order valence-corrected chi connectivity index (χ1v) is 19.4. The molecule has 0 radical (unpaired) electrons. The lowest BCUT2D eigenvalue weighted by Crippen LogP contribution is -2.53. The quantitative estimate of drug-likeness (QED) is 0.130. The van der Waals surface area contributed by atoms with Gasteiger partial charge in [0.2, 0.25) is 11.8 Å². The van der Waals surface area contributed by atoms with Gasteiger partial charge in [0.25, 0.3) is 11.8 Å². The minimum absolute atomic E-state index is 0.00702. The first-order valence-electron chi connectivity index (χ1n) is 17.7. The summed E-state index contributed by atoms with van der Waals surface area (Å²) in [5.41, 5.74) is 1.53. The largest absolute Gasteiger partial charge is 0.507 e. The maximum atomic E-state index is 15.5. The van der Waals surface area contributed by atoms with E-state index in [1.165, 1.54) is 22.3 Å². The summed E-state index contributed by atoms with van der Waals surface area (Å²) in [7, 11) is 0. The topological polar surface area (TPSA) is 120 Å². The van der Waals surface area contributed by atoms with Crippen LogP contribution in [-0.2, 0) is 37.3 Å². The number of carbonyl (C=O) groups is 4. The van der Waals surface area contributed by atoms with Gasteiger partial charge in [0, 0.05) is 27.4 Å². The van der Waals surface area contributed by atoms with Crippen LogP contribution in [-0.4, -0.2) is 43.6 Å². The van der Waals surface area contributed by atoms with Crippen molar-refractivity contribution in [1.82, 2.24) is 14.9 Å². The maximum absolute atomic E-state index is 15.5. The van der Waals surface area contributed by atoms with Gasteiger partial charge < -0.3 is 5.11 Å². The normalized spacial score (nSPS) is 26.0. The van der Waals surface area contributed by atoms with Crippen molar-refractivity contribution in [3.63, 3.8) is 0 Å². The number of thiophene rings is 1. The highest BCUT2D eigenvalue weighted by atomic mass is 35.5. The van der Waals surface area contributed by atoms with Gasteiger partial charge in [-0.1, -0.05) is 83.4 Å². The molecule has 0 spiro atoms. The van der Waals surface area contributed by atoms with Crippen molar-refractivity contribution in [2.24, 2.45) is 23.7 Å². The molecule has 3 fully saturated rings. The second-order valence-electron chi connectivity index (χ2n) is 14.5. The minimum atomic E-state index is -4.75. The van der Waals surface area contributed by atoms with Crippen LogP contribution in [0, 0.1) is 23.7 Å². The summed E-state index contributed by atoms with van der Waals surface area (Å²) >= 11 is 14.1. The number of pyridine rings is 1. The molecule has 5 aromatic rings. The highest BCUT2D eigenvalue weighted by Crippen LogP contribution is 2.65. The lowest BCUT2D eigenvalue weighted by molar-refractivity contribution is -0.142. The van der Waals surface area contributed by atoms with E-state index in [1.807, 2.05) is 23.6 Å². The van der Waals surface area contributed by atoms with Gasteiger partial charge in [0.1, 0.15) is 5.75 Å². The Labute approximate surface area is 331 Å². The first-order chi connectivity index (χ1) is 26.8. The van der Waals surface area contributed by atoms with E-state index in [0.717, 1.165) is 9.89 Å². The minimum Gasteiger partial charge on any atom is -0.507 e. The summed E-state index contributed by atoms with van der Waals surface area (Å²) < 4.78 is 40.6. The predicted octanol–water partition coefficient (Wildman–Crippen LogP) is 8.51. The van der Waals surface area contributed by atoms with Gasteiger partial charge in [0.15, 0.2) is 5.82 Å². The number of anilines is 1. The van der Waals surface area contributed by atoms with Crippen molar-refractivity contribution in [3.05, 3.63) is 134 Å². The van der Waals surface area contributed by atoms with Crippen LogP contribution < -0.4 is 5.43 Å². The van der Waals surface area contributed by atoms with E-state index in [9.17, 15) is 32.7 Å². The molecule has 0 bridgehead atoms. The van der Waals surface area contributed by atoms with Crippen LogP contribution in [0.5, 0.6) is 5.75 Å². The smallest absolute Gasteiger partial charge is 0.417 e. The molecule has 1 saturated carbocycles. The Morgan fingerprint density at radius 1 is 0.911 bits per heavy atom.